The zero-order chi connectivity index (χ0) is 10.3. The van der Waals surface area contributed by atoms with Crippen LogP contribution in [0.25, 0.3) is 0 Å². The average molecular weight is 250 g/mol. The molecule has 0 spiro atoms. The topological polar surface area (TPSA) is 80.7 Å². The van der Waals surface area contributed by atoms with Crippen molar-refractivity contribution < 1.29 is 75.3 Å². The van der Waals surface area contributed by atoms with Gasteiger partial charge in [0.05, 0.1) is 0 Å². The molecule has 0 aromatic rings. The molecule has 14 heavy (non-hydrogen) atoms. The van der Waals surface area contributed by atoms with Gasteiger partial charge in [0.1, 0.15) is 0 Å². The average Bonchev–Trinajstić information content (AvgIpc) is 2.00. The Balaban J connectivity index is -0.000000720. The first-order valence-corrected chi connectivity index (χ1v) is 5.67. The van der Waals surface area contributed by atoms with E-state index < -0.39 is 22.0 Å². The van der Waals surface area contributed by atoms with Gasteiger partial charge in [-0.05, 0) is 6.42 Å². The minimum Gasteiger partial charge on any atom is -1.00 e. The van der Waals surface area contributed by atoms with Gasteiger partial charge in [0.25, 0.3) is 0 Å². The van der Waals surface area contributed by atoms with Gasteiger partial charge < -0.3 is 6.16 Å². The van der Waals surface area contributed by atoms with Gasteiger partial charge in [-0.1, -0.05) is 19.8 Å². The van der Waals surface area contributed by atoms with E-state index in [0.29, 0.717) is 6.42 Å². The fourth-order valence-corrected chi connectivity index (χ4v) is 1.01. The zero-order valence-electron chi connectivity index (χ0n) is 9.52. The second kappa shape index (κ2) is 9.26. The summed E-state index contributed by atoms with van der Waals surface area (Å²) in [7, 11) is -4.19. The third-order valence-electron chi connectivity index (χ3n) is 1.35. The second-order valence-electron chi connectivity index (χ2n) is 2.67. The second-order valence-corrected chi connectivity index (χ2v) is 4.07. The van der Waals surface area contributed by atoms with Crippen molar-refractivity contribution in [1.29, 1.82) is 0 Å². The third kappa shape index (κ3) is 13.0. The molecule has 80 valence electrons. The number of carbonyl (C=O) groups is 1. The smallest absolute Gasteiger partial charge is 1.00 e. The molecule has 0 radical (unpaired) electrons. The molecule has 0 aromatic heterocycles. The maximum atomic E-state index is 10.8. The van der Waals surface area contributed by atoms with Crippen molar-refractivity contribution in [2.24, 2.45) is 0 Å². The number of hydrogen-bond acceptors (Lipinski definition) is 4. The van der Waals surface area contributed by atoms with E-state index >= 15 is 0 Å². The van der Waals surface area contributed by atoms with Gasteiger partial charge in [0.2, 0.25) is 5.94 Å². The van der Waals surface area contributed by atoms with Crippen molar-refractivity contribution >= 4 is 16.1 Å². The summed E-state index contributed by atoms with van der Waals surface area (Å²) in [6.45, 7) is 1.99. The summed E-state index contributed by atoms with van der Waals surface area (Å²) in [6.07, 6.45) is 2.76. The number of rotatable bonds is 6. The normalized spacial score (nSPS) is 10.4. The van der Waals surface area contributed by atoms with Crippen LogP contribution in [-0.2, 0) is 19.6 Å². The van der Waals surface area contributed by atoms with Crippen LogP contribution < -0.4 is 51.4 Å². The molecule has 0 aliphatic carbocycles. The predicted molar refractivity (Wildman–Crippen MR) is 47.8 cm³/mol. The van der Waals surface area contributed by atoms with Gasteiger partial charge in [-0.15, -0.1) is 0 Å². The molecule has 0 saturated carbocycles. The molecular formula is C7H15KO5S. The van der Waals surface area contributed by atoms with Crippen molar-refractivity contribution in [2.45, 2.75) is 32.6 Å². The van der Waals surface area contributed by atoms with Crippen LogP contribution in [0.1, 0.15) is 34.0 Å². The first-order chi connectivity index (χ1) is 5.95. The van der Waals surface area contributed by atoms with Gasteiger partial charge in [-0.2, -0.15) is 8.42 Å². The number of ether oxygens (including phenoxy) is 1. The Kier molecular flexibility index (Phi) is 11.5. The van der Waals surface area contributed by atoms with E-state index in [1.54, 1.807) is 0 Å². The Morgan fingerprint density at radius 3 is 2.43 bits per heavy atom. The molecular weight excluding hydrogens is 235 g/mol. The van der Waals surface area contributed by atoms with Crippen LogP contribution in [0.3, 0.4) is 0 Å². The molecule has 1 N–H and O–H groups in total. The number of hydrogen-bond donors (Lipinski definition) is 1. The molecule has 0 saturated heterocycles. The van der Waals surface area contributed by atoms with Crippen LogP contribution in [0.4, 0.5) is 0 Å². The first kappa shape index (κ1) is 17.4. The summed E-state index contributed by atoms with van der Waals surface area (Å²) in [4.78, 5) is 10.8. The molecule has 0 aromatic carbocycles. The number of esters is 1. The maximum absolute atomic E-state index is 10.8. The standard InChI is InChI=1S/C7H14O5S.K.H/c1-2-3-4-5-7(8)12-6-13(9,10)11;;/h2-6H2,1H3,(H,9,10,11);;/q;+1;-1. The summed E-state index contributed by atoms with van der Waals surface area (Å²) in [5, 5.41) is 0. The van der Waals surface area contributed by atoms with Crippen LogP contribution in [0, 0.1) is 0 Å². The van der Waals surface area contributed by atoms with Gasteiger partial charge in [0.15, 0.2) is 0 Å². The van der Waals surface area contributed by atoms with E-state index in [9.17, 15) is 13.2 Å². The SMILES string of the molecule is CCCCCC(=O)OCS(=O)(=O)O.[H-].[K+]. The predicted octanol–water partition coefficient (Wildman–Crippen LogP) is -1.93. The van der Waals surface area contributed by atoms with Crippen molar-refractivity contribution in [1.82, 2.24) is 0 Å². The molecule has 0 rings (SSSR count). The third-order valence-corrected chi connectivity index (χ3v) is 1.77. The van der Waals surface area contributed by atoms with Crippen LogP contribution >= 0.6 is 0 Å². The summed E-state index contributed by atoms with van der Waals surface area (Å²) in [5.74, 6) is -1.54. The molecule has 0 amide bonds. The van der Waals surface area contributed by atoms with Crippen molar-refractivity contribution in [2.75, 3.05) is 5.94 Å². The van der Waals surface area contributed by atoms with Crippen LogP contribution in [-0.4, -0.2) is 24.9 Å². The number of unbranched alkanes of at least 4 members (excludes halogenated alkanes) is 2. The molecule has 0 fully saturated rings. The van der Waals surface area contributed by atoms with Gasteiger partial charge in [-0.3, -0.25) is 9.35 Å². The molecule has 5 nitrogen and oxygen atoms in total. The minimum atomic E-state index is -4.19. The van der Waals surface area contributed by atoms with E-state index in [1.807, 2.05) is 6.92 Å². The largest absolute Gasteiger partial charge is 1.00 e. The monoisotopic (exact) mass is 250 g/mol. The zero-order valence-corrected chi connectivity index (χ0v) is 12.5. The molecule has 7 heteroatoms. The summed E-state index contributed by atoms with van der Waals surface area (Å²) < 4.78 is 32.8. The van der Waals surface area contributed by atoms with Crippen molar-refractivity contribution in [3.8, 4) is 0 Å². The maximum Gasteiger partial charge on any atom is 1.00 e. The molecule has 0 aliphatic heterocycles. The fraction of sp³-hybridized carbons (Fsp3) is 0.857. The molecule has 0 atom stereocenters. The number of carbonyl (C=O) groups excluding carboxylic acids is 1. The summed E-state index contributed by atoms with van der Waals surface area (Å²) in [5.41, 5.74) is 0. The first-order valence-electron chi connectivity index (χ1n) is 4.06. The fourth-order valence-electron chi connectivity index (χ4n) is 0.732. The Bertz CT molecular complexity index is 254. The molecule has 0 bridgehead atoms. The van der Waals surface area contributed by atoms with E-state index in [1.165, 1.54) is 0 Å². The Morgan fingerprint density at radius 2 is 2.00 bits per heavy atom. The van der Waals surface area contributed by atoms with Crippen LogP contribution in [0.2, 0.25) is 0 Å². The molecule has 0 heterocycles. The Labute approximate surface area is 128 Å². The summed E-state index contributed by atoms with van der Waals surface area (Å²) in [6, 6.07) is 0. The van der Waals surface area contributed by atoms with E-state index in [-0.39, 0.29) is 59.2 Å². The van der Waals surface area contributed by atoms with Crippen molar-refractivity contribution in [3.63, 3.8) is 0 Å². The molecule has 0 aliphatic rings. The van der Waals surface area contributed by atoms with Gasteiger partial charge in [-0.25, -0.2) is 0 Å². The van der Waals surface area contributed by atoms with Crippen LogP contribution in [0.5, 0.6) is 0 Å². The van der Waals surface area contributed by atoms with E-state index in [0.717, 1.165) is 12.8 Å². The van der Waals surface area contributed by atoms with E-state index in [4.69, 9.17) is 4.55 Å². The van der Waals surface area contributed by atoms with Gasteiger partial charge >= 0.3 is 67.5 Å². The van der Waals surface area contributed by atoms with E-state index in [2.05, 4.69) is 4.74 Å². The van der Waals surface area contributed by atoms with Gasteiger partial charge in [0, 0.05) is 6.42 Å². The molecule has 0 unspecified atom stereocenters. The quantitative estimate of drug-likeness (QED) is 0.257. The van der Waals surface area contributed by atoms with Crippen LogP contribution in [0.15, 0.2) is 0 Å². The Morgan fingerprint density at radius 1 is 1.43 bits per heavy atom. The summed E-state index contributed by atoms with van der Waals surface area (Å²) >= 11 is 0. The van der Waals surface area contributed by atoms with Crippen molar-refractivity contribution in [3.05, 3.63) is 0 Å². The minimum absolute atomic E-state index is 0. The Hall–Kier alpha value is 1.02.